The minimum absolute atomic E-state index is 0.0622. The number of pyridine rings is 1. The first-order chi connectivity index (χ1) is 14.4. The number of nitrogens with zero attached hydrogens (tertiary/aromatic N) is 4. The van der Waals surface area contributed by atoms with E-state index < -0.39 is 10.0 Å². The number of thiazole rings is 1. The Morgan fingerprint density at radius 2 is 1.87 bits per heavy atom. The van der Waals surface area contributed by atoms with Gasteiger partial charge in [0.2, 0.25) is 15.9 Å². The maximum Gasteiger partial charge on any atom is 0.244 e. The van der Waals surface area contributed by atoms with Gasteiger partial charge in [-0.2, -0.15) is 4.31 Å². The molecule has 1 aliphatic rings. The van der Waals surface area contributed by atoms with Gasteiger partial charge in [0.1, 0.15) is 9.90 Å². The molecule has 0 bridgehead atoms. The summed E-state index contributed by atoms with van der Waals surface area (Å²) in [5, 5.41) is 2.89. The Hall–Kier alpha value is -2.33. The van der Waals surface area contributed by atoms with Crippen LogP contribution in [0.1, 0.15) is 5.69 Å². The summed E-state index contributed by atoms with van der Waals surface area (Å²) in [6.07, 6.45) is 3.63. The Morgan fingerprint density at radius 1 is 1.10 bits per heavy atom. The molecule has 1 saturated heterocycles. The van der Waals surface area contributed by atoms with Crippen LogP contribution in [0.3, 0.4) is 0 Å². The van der Waals surface area contributed by atoms with Gasteiger partial charge in [0.25, 0.3) is 0 Å². The molecule has 0 N–H and O–H groups in total. The second-order valence-electron chi connectivity index (χ2n) is 6.78. The molecule has 0 unspecified atom stereocenters. The summed E-state index contributed by atoms with van der Waals surface area (Å²) in [7, 11) is -3.68. The zero-order chi connectivity index (χ0) is 21.1. The van der Waals surface area contributed by atoms with Gasteiger partial charge < -0.3 is 4.90 Å². The molecular formula is C20H19ClN4O3S2. The van der Waals surface area contributed by atoms with Crippen molar-refractivity contribution in [3.8, 4) is 10.6 Å². The Balaban J connectivity index is 1.37. The van der Waals surface area contributed by atoms with Gasteiger partial charge in [-0.3, -0.25) is 9.78 Å². The number of carbonyl (C=O) groups excluding carboxylic acids is 1. The largest absolute Gasteiger partial charge is 0.340 e. The summed E-state index contributed by atoms with van der Waals surface area (Å²) in [5.41, 5.74) is 1.62. The van der Waals surface area contributed by atoms with E-state index in [0.717, 1.165) is 10.6 Å². The molecule has 0 spiro atoms. The second-order valence-corrected chi connectivity index (χ2v) is 9.95. The summed E-state index contributed by atoms with van der Waals surface area (Å²) in [6.45, 7) is 1.14. The summed E-state index contributed by atoms with van der Waals surface area (Å²) >= 11 is 7.54. The van der Waals surface area contributed by atoms with Crippen molar-refractivity contribution in [2.75, 3.05) is 26.2 Å². The average molecular weight is 463 g/mol. The summed E-state index contributed by atoms with van der Waals surface area (Å²) in [5.74, 6) is -0.0622. The summed E-state index contributed by atoms with van der Waals surface area (Å²) < 4.78 is 27.1. The second kappa shape index (κ2) is 8.81. The molecule has 1 fully saturated rings. The van der Waals surface area contributed by atoms with Crippen LogP contribution < -0.4 is 0 Å². The Bertz CT molecular complexity index is 1140. The molecule has 0 atom stereocenters. The molecule has 1 aromatic carbocycles. The van der Waals surface area contributed by atoms with Gasteiger partial charge in [0.05, 0.1) is 17.1 Å². The van der Waals surface area contributed by atoms with Gasteiger partial charge in [-0.15, -0.1) is 11.3 Å². The molecule has 7 nitrogen and oxygen atoms in total. The summed E-state index contributed by atoms with van der Waals surface area (Å²) in [6, 6.07) is 10.2. The van der Waals surface area contributed by atoms with Crippen LogP contribution >= 0.6 is 22.9 Å². The molecule has 3 heterocycles. The molecule has 0 saturated carbocycles. The van der Waals surface area contributed by atoms with E-state index in [2.05, 4.69) is 9.97 Å². The fraction of sp³-hybridized carbons (Fsp3) is 0.250. The third-order valence-electron chi connectivity index (χ3n) is 4.84. The van der Waals surface area contributed by atoms with Crippen molar-refractivity contribution < 1.29 is 13.2 Å². The molecule has 0 aliphatic carbocycles. The van der Waals surface area contributed by atoms with Gasteiger partial charge in [-0.05, 0) is 24.3 Å². The predicted octanol–water partition coefficient (Wildman–Crippen LogP) is 2.93. The van der Waals surface area contributed by atoms with Gasteiger partial charge in [0, 0.05) is 49.5 Å². The number of hydrogen-bond acceptors (Lipinski definition) is 6. The monoisotopic (exact) mass is 462 g/mol. The zero-order valence-corrected chi connectivity index (χ0v) is 18.3. The molecule has 30 heavy (non-hydrogen) atoms. The molecule has 2 aromatic heterocycles. The lowest BCUT2D eigenvalue weighted by Crippen LogP contribution is -2.50. The first-order valence-corrected chi connectivity index (χ1v) is 12.0. The number of amides is 1. The minimum Gasteiger partial charge on any atom is -0.340 e. The molecule has 3 aromatic rings. The number of benzene rings is 1. The first-order valence-electron chi connectivity index (χ1n) is 9.32. The van der Waals surface area contributed by atoms with Crippen LogP contribution in [-0.4, -0.2) is 59.7 Å². The van der Waals surface area contributed by atoms with Crippen LogP contribution in [-0.2, 0) is 21.2 Å². The SMILES string of the molecule is O=C(Cc1csc(-c2cccnc2)n1)N1CCN(S(=O)(=O)c2ccccc2Cl)CC1. The normalized spacial score (nSPS) is 15.3. The van der Waals surface area contributed by atoms with E-state index in [0.29, 0.717) is 18.8 Å². The smallest absolute Gasteiger partial charge is 0.244 e. The van der Waals surface area contributed by atoms with Crippen LogP contribution in [0.4, 0.5) is 0 Å². The number of halogens is 1. The van der Waals surface area contributed by atoms with Crippen LogP contribution in [0, 0.1) is 0 Å². The fourth-order valence-electron chi connectivity index (χ4n) is 3.25. The van der Waals surface area contributed by atoms with Crippen molar-refractivity contribution >= 4 is 38.9 Å². The average Bonchev–Trinajstić information content (AvgIpc) is 3.23. The number of carbonyl (C=O) groups is 1. The summed E-state index contributed by atoms with van der Waals surface area (Å²) in [4.78, 5) is 23.1. The molecule has 10 heteroatoms. The van der Waals surface area contributed by atoms with E-state index >= 15 is 0 Å². The maximum atomic E-state index is 12.8. The number of sulfonamides is 1. The molecule has 1 aliphatic heterocycles. The van der Waals surface area contributed by atoms with E-state index in [1.165, 1.54) is 21.7 Å². The van der Waals surface area contributed by atoms with Crippen molar-refractivity contribution in [2.45, 2.75) is 11.3 Å². The fourth-order valence-corrected chi connectivity index (χ4v) is 5.97. The lowest BCUT2D eigenvalue weighted by molar-refractivity contribution is -0.131. The van der Waals surface area contributed by atoms with Crippen molar-refractivity contribution in [1.82, 2.24) is 19.2 Å². The third kappa shape index (κ3) is 4.39. The topological polar surface area (TPSA) is 83.5 Å². The highest BCUT2D eigenvalue weighted by molar-refractivity contribution is 7.89. The van der Waals surface area contributed by atoms with Crippen molar-refractivity contribution in [3.05, 3.63) is 64.9 Å². The van der Waals surface area contributed by atoms with Crippen molar-refractivity contribution in [1.29, 1.82) is 0 Å². The maximum absolute atomic E-state index is 12.8. The van der Waals surface area contributed by atoms with Crippen LogP contribution in [0.15, 0.2) is 59.1 Å². The highest BCUT2D eigenvalue weighted by Gasteiger charge is 2.31. The van der Waals surface area contributed by atoms with E-state index in [9.17, 15) is 13.2 Å². The van der Waals surface area contributed by atoms with E-state index in [1.807, 2.05) is 17.5 Å². The van der Waals surface area contributed by atoms with Crippen LogP contribution in [0.2, 0.25) is 5.02 Å². The highest BCUT2D eigenvalue weighted by atomic mass is 35.5. The number of hydrogen-bond donors (Lipinski definition) is 0. The number of rotatable bonds is 5. The van der Waals surface area contributed by atoms with Gasteiger partial charge in [-0.1, -0.05) is 23.7 Å². The van der Waals surface area contributed by atoms with Gasteiger partial charge in [-0.25, -0.2) is 13.4 Å². The lowest BCUT2D eigenvalue weighted by Gasteiger charge is -2.34. The Kier molecular flexibility index (Phi) is 6.14. The van der Waals surface area contributed by atoms with Gasteiger partial charge >= 0.3 is 0 Å². The lowest BCUT2D eigenvalue weighted by atomic mass is 10.2. The van der Waals surface area contributed by atoms with Gasteiger partial charge in [0.15, 0.2) is 0 Å². The number of aromatic nitrogens is 2. The van der Waals surface area contributed by atoms with Crippen molar-refractivity contribution in [3.63, 3.8) is 0 Å². The molecule has 4 rings (SSSR count). The first kappa shape index (κ1) is 20.9. The molecular weight excluding hydrogens is 444 g/mol. The standard InChI is InChI=1S/C20H19ClN4O3S2/c21-17-5-1-2-6-18(17)30(27,28)25-10-8-24(9-11-25)19(26)12-16-14-29-20(23-16)15-4-3-7-22-13-15/h1-7,13-14H,8-12H2. The quantitative estimate of drug-likeness (QED) is 0.582. The third-order valence-corrected chi connectivity index (χ3v) is 8.18. The Labute approximate surface area is 184 Å². The number of piperazine rings is 1. The zero-order valence-electron chi connectivity index (χ0n) is 15.9. The van der Waals surface area contributed by atoms with E-state index in [-0.39, 0.29) is 35.3 Å². The molecule has 1 amide bonds. The van der Waals surface area contributed by atoms with Crippen LogP contribution in [0.5, 0.6) is 0 Å². The molecule has 0 radical (unpaired) electrons. The van der Waals surface area contributed by atoms with E-state index in [1.54, 1.807) is 35.5 Å². The van der Waals surface area contributed by atoms with Crippen molar-refractivity contribution in [2.24, 2.45) is 0 Å². The Morgan fingerprint density at radius 3 is 2.57 bits per heavy atom. The van der Waals surface area contributed by atoms with E-state index in [4.69, 9.17) is 11.6 Å². The van der Waals surface area contributed by atoms with Crippen LogP contribution in [0.25, 0.3) is 10.6 Å². The predicted molar refractivity (Wildman–Crippen MR) is 116 cm³/mol. The highest BCUT2D eigenvalue weighted by Crippen LogP contribution is 2.26. The molecule has 156 valence electrons. The minimum atomic E-state index is -3.68.